The molecule has 5 nitrogen and oxygen atoms in total. The predicted molar refractivity (Wildman–Crippen MR) is 45.8 cm³/mol. The van der Waals surface area contributed by atoms with Crippen molar-refractivity contribution in [2.75, 3.05) is 0 Å². The molecule has 5 heteroatoms. The number of nitrogens with zero attached hydrogens (tertiary/aromatic N) is 1. The van der Waals surface area contributed by atoms with Crippen molar-refractivity contribution in [3.8, 4) is 0 Å². The van der Waals surface area contributed by atoms with Crippen molar-refractivity contribution in [3.63, 3.8) is 0 Å². The minimum atomic E-state index is -1.03. The number of aliphatic carboxylic acids is 1. The van der Waals surface area contributed by atoms with E-state index in [0.717, 1.165) is 0 Å². The van der Waals surface area contributed by atoms with Gasteiger partial charge in [-0.3, -0.25) is 4.79 Å². The molecule has 0 aromatic carbocycles. The number of hydrogen-bond acceptors (Lipinski definition) is 4. The van der Waals surface area contributed by atoms with Crippen molar-refractivity contribution in [2.45, 2.75) is 31.3 Å². The number of carbonyl (C=O) groups is 1. The smallest absolute Gasteiger partial charge is 0.316 e. The summed E-state index contributed by atoms with van der Waals surface area (Å²) in [4.78, 5) is 11.1. The molecule has 1 aromatic rings. The van der Waals surface area contributed by atoms with Crippen LogP contribution in [0.2, 0.25) is 0 Å². The van der Waals surface area contributed by atoms with E-state index in [1.54, 1.807) is 13.0 Å². The molecule has 0 aliphatic heterocycles. The van der Waals surface area contributed by atoms with Crippen LogP contribution < -0.4 is 0 Å². The summed E-state index contributed by atoms with van der Waals surface area (Å²) >= 11 is 0. The summed E-state index contributed by atoms with van der Waals surface area (Å²) < 4.78 is 4.84. The molecular weight excluding hydrogens is 186 g/mol. The zero-order chi connectivity index (χ0) is 10.3. The van der Waals surface area contributed by atoms with Crippen LogP contribution in [0.25, 0.3) is 0 Å². The molecular formula is C9H11NO4. The van der Waals surface area contributed by atoms with Crippen molar-refractivity contribution in [1.29, 1.82) is 0 Å². The third kappa shape index (κ3) is 1.13. The van der Waals surface area contributed by atoms with Crippen LogP contribution in [0.5, 0.6) is 0 Å². The minimum Gasteiger partial charge on any atom is -0.481 e. The Hall–Kier alpha value is -1.36. The van der Waals surface area contributed by atoms with Crippen molar-refractivity contribution in [3.05, 3.63) is 17.5 Å². The van der Waals surface area contributed by atoms with Gasteiger partial charge in [0.2, 0.25) is 0 Å². The van der Waals surface area contributed by atoms with E-state index >= 15 is 0 Å². The average Bonchev–Trinajstić information content (AvgIpc) is 2.45. The molecule has 0 spiro atoms. The van der Waals surface area contributed by atoms with Crippen LogP contribution in [0, 0.1) is 6.92 Å². The van der Waals surface area contributed by atoms with Gasteiger partial charge < -0.3 is 14.7 Å². The van der Waals surface area contributed by atoms with Gasteiger partial charge in [0, 0.05) is 6.07 Å². The first-order valence-electron chi connectivity index (χ1n) is 4.40. The number of hydrogen-bond donors (Lipinski definition) is 2. The van der Waals surface area contributed by atoms with E-state index in [-0.39, 0.29) is 12.8 Å². The first-order chi connectivity index (χ1) is 6.54. The Labute approximate surface area is 80.3 Å². The highest BCUT2D eigenvalue weighted by atomic mass is 16.5. The summed E-state index contributed by atoms with van der Waals surface area (Å²) in [6.45, 7) is 1.71. The normalized spacial score (nSPS) is 31.1. The third-order valence-electron chi connectivity index (χ3n) is 2.70. The number of carboxylic acids is 1. The molecule has 0 saturated heterocycles. The van der Waals surface area contributed by atoms with Gasteiger partial charge in [0.25, 0.3) is 0 Å². The van der Waals surface area contributed by atoms with Gasteiger partial charge in [0.1, 0.15) is 16.9 Å². The second-order valence-electron chi connectivity index (χ2n) is 3.77. The fourth-order valence-electron chi connectivity index (χ4n) is 1.83. The Morgan fingerprint density at radius 3 is 2.71 bits per heavy atom. The molecule has 0 unspecified atom stereocenters. The number of carboxylic acid groups (broad SMARTS) is 1. The standard InChI is InChI=1S/C9H11NO4/c1-5-2-7(10-14-5)9(8(12)13)3-6(11)4-9/h2,6,11H,3-4H2,1H3,(H,12,13). The fourth-order valence-corrected chi connectivity index (χ4v) is 1.83. The van der Waals surface area contributed by atoms with Gasteiger partial charge in [-0.1, -0.05) is 5.16 Å². The maximum atomic E-state index is 11.1. The molecule has 2 N–H and O–H groups in total. The minimum absolute atomic E-state index is 0.217. The second kappa shape index (κ2) is 2.81. The van der Waals surface area contributed by atoms with E-state index in [4.69, 9.17) is 9.63 Å². The Bertz CT molecular complexity index is 365. The molecule has 1 aliphatic carbocycles. The lowest BCUT2D eigenvalue weighted by atomic mass is 9.65. The molecule has 1 heterocycles. The molecule has 2 rings (SSSR count). The average molecular weight is 197 g/mol. The lowest BCUT2D eigenvalue weighted by Gasteiger charge is -2.39. The Kier molecular flexibility index (Phi) is 1.85. The molecule has 1 aliphatic rings. The number of aliphatic hydroxyl groups is 1. The van der Waals surface area contributed by atoms with Gasteiger partial charge in [-0.05, 0) is 19.8 Å². The molecule has 1 aromatic heterocycles. The SMILES string of the molecule is Cc1cc(C2(C(=O)O)CC(O)C2)no1. The summed E-state index contributed by atoms with van der Waals surface area (Å²) in [5.74, 6) is -0.363. The van der Waals surface area contributed by atoms with Crippen LogP contribution in [0.3, 0.4) is 0 Å². The zero-order valence-corrected chi connectivity index (χ0v) is 7.73. The quantitative estimate of drug-likeness (QED) is 0.719. The first-order valence-corrected chi connectivity index (χ1v) is 4.40. The van der Waals surface area contributed by atoms with Gasteiger partial charge >= 0.3 is 5.97 Å². The van der Waals surface area contributed by atoms with Gasteiger partial charge in [-0.2, -0.15) is 0 Å². The Morgan fingerprint density at radius 1 is 1.71 bits per heavy atom. The van der Waals surface area contributed by atoms with Crippen LogP contribution in [0.4, 0.5) is 0 Å². The van der Waals surface area contributed by atoms with E-state index in [1.807, 2.05) is 0 Å². The van der Waals surface area contributed by atoms with Crippen molar-refractivity contribution in [2.24, 2.45) is 0 Å². The lowest BCUT2D eigenvalue weighted by molar-refractivity contribution is -0.153. The summed E-state index contributed by atoms with van der Waals surface area (Å²) in [6, 6.07) is 1.61. The Balaban J connectivity index is 2.34. The van der Waals surface area contributed by atoms with Crippen LogP contribution in [-0.2, 0) is 10.2 Å². The van der Waals surface area contributed by atoms with E-state index in [9.17, 15) is 9.90 Å². The molecule has 0 bridgehead atoms. The topological polar surface area (TPSA) is 83.6 Å². The molecule has 76 valence electrons. The summed E-state index contributed by atoms with van der Waals surface area (Å²) in [5.41, 5.74) is -0.621. The van der Waals surface area contributed by atoms with Gasteiger partial charge in [-0.25, -0.2) is 0 Å². The zero-order valence-electron chi connectivity index (χ0n) is 7.73. The number of aromatic nitrogens is 1. The second-order valence-corrected chi connectivity index (χ2v) is 3.77. The maximum Gasteiger partial charge on any atom is 0.316 e. The first kappa shape index (κ1) is 9.21. The lowest BCUT2D eigenvalue weighted by Crippen LogP contribution is -2.50. The van der Waals surface area contributed by atoms with Gasteiger partial charge in [0.05, 0.1) is 6.10 Å². The molecule has 0 radical (unpaired) electrons. The molecule has 0 atom stereocenters. The summed E-state index contributed by atoms with van der Waals surface area (Å²) in [6.07, 6.45) is -0.106. The maximum absolute atomic E-state index is 11.1. The number of aliphatic hydroxyl groups excluding tert-OH is 1. The van der Waals surface area contributed by atoms with E-state index in [1.165, 1.54) is 0 Å². The van der Waals surface area contributed by atoms with Crippen LogP contribution in [0.15, 0.2) is 10.6 Å². The van der Waals surface area contributed by atoms with E-state index < -0.39 is 17.5 Å². The van der Waals surface area contributed by atoms with Crippen molar-refractivity contribution >= 4 is 5.97 Å². The van der Waals surface area contributed by atoms with Crippen LogP contribution in [0.1, 0.15) is 24.3 Å². The fraction of sp³-hybridized carbons (Fsp3) is 0.556. The third-order valence-corrected chi connectivity index (χ3v) is 2.70. The Morgan fingerprint density at radius 2 is 2.36 bits per heavy atom. The number of rotatable bonds is 2. The van der Waals surface area contributed by atoms with E-state index in [2.05, 4.69) is 5.16 Å². The highest BCUT2D eigenvalue weighted by Gasteiger charge is 2.53. The highest BCUT2D eigenvalue weighted by Crippen LogP contribution is 2.43. The van der Waals surface area contributed by atoms with E-state index in [0.29, 0.717) is 11.5 Å². The predicted octanol–water partition coefficient (Wildman–Crippen LogP) is 0.460. The summed E-state index contributed by atoms with van der Waals surface area (Å²) in [5, 5.41) is 21.9. The molecule has 14 heavy (non-hydrogen) atoms. The monoisotopic (exact) mass is 197 g/mol. The molecule has 1 saturated carbocycles. The summed E-state index contributed by atoms with van der Waals surface area (Å²) in [7, 11) is 0. The molecule has 1 fully saturated rings. The number of aryl methyl sites for hydroxylation is 1. The van der Waals surface area contributed by atoms with Crippen molar-refractivity contribution in [1.82, 2.24) is 5.16 Å². The van der Waals surface area contributed by atoms with Crippen LogP contribution >= 0.6 is 0 Å². The van der Waals surface area contributed by atoms with Crippen LogP contribution in [-0.4, -0.2) is 27.4 Å². The van der Waals surface area contributed by atoms with Gasteiger partial charge in [-0.15, -0.1) is 0 Å². The van der Waals surface area contributed by atoms with Crippen molar-refractivity contribution < 1.29 is 19.5 Å². The van der Waals surface area contributed by atoms with Gasteiger partial charge in [0.15, 0.2) is 0 Å². The largest absolute Gasteiger partial charge is 0.481 e. The highest BCUT2D eigenvalue weighted by molar-refractivity contribution is 5.82. The molecule has 0 amide bonds.